The minimum absolute atomic E-state index is 0.0663. The smallest absolute Gasteiger partial charge is 0.258 e. The van der Waals surface area contributed by atoms with Crippen LogP contribution in [0.4, 0.5) is 33.3 Å². The van der Waals surface area contributed by atoms with Gasteiger partial charge in [0.1, 0.15) is 11.4 Å². The van der Waals surface area contributed by atoms with E-state index in [0.717, 1.165) is 4.90 Å². The summed E-state index contributed by atoms with van der Waals surface area (Å²) in [5.41, 5.74) is -0.726. The van der Waals surface area contributed by atoms with Gasteiger partial charge in [-0.05, 0) is 60.7 Å². The number of phenols is 1. The molecule has 2 aliphatic carbocycles. The molecule has 0 aromatic heterocycles. The van der Waals surface area contributed by atoms with Gasteiger partial charge in [0.05, 0.1) is 17.5 Å². The number of ketones is 1. The number of hydrogen-bond acceptors (Lipinski definition) is 6. The second kappa shape index (κ2) is 12.3. The van der Waals surface area contributed by atoms with Crippen LogP contribution in [0.25, 0.3) is 0 Å². The number of anilines is 2. The summed E-state index contributed by atoms with van der Waals surface area (Å²) in [6.45, 7) is 0. The maximum absolute atomic E-state index is 15.2. The summed E-state index contributed by atoms with van der Waals surface area (Å²) in [5, 5.41) is 10.4. The zero-order valence-corrected chi connectivity index (χ0v) is 28.8. The van der Waals surface area contributed by atoms with Gasteiger partial charge in [-0.25, -0.2) is 26.9 Å². The van der Waals surface area contributed by atoms with Crippen LogP contribution < -0.4 is 9.80 Å². The van der Waals surface area contributed by atoms with Gasteiger partial charge in [0, 0.05) is 17.0 Å². The maximum atomic E-state index is 15.2. The zero-order valence-electron chi connectivity index (χ0n) is 27.3. The van der Waals surface area contributed by atoms with Crippen molar-refractivity contribution < 1.29 is 51.0 Å². The number of carbonyl (C=O) groups excluding carboxylic acids is 5. The third kappa shape index (κ3) is 4.70. The lowest BCUT2D eigenvalue weighted by Gasteiger charge is -2.50. The van der Waals surface area contributed by atoms with Crippen LogP contribution in [-0.4, -0.2) is 44.3 Å². The van der Waals surface area contributed by atoms with E-state index in [1.807, 2.05) is 0 Å². The predicted molar refractivity (Wildman–Crippen MR) is 183 cm³/mol. The number of alkyl halides is 2. The van der Waals surface area contributed by atoms with E-state index in [-0.39, 0.29) is 45.2 Å². The Bertz CT molecular complexity index is 2370. The fourth-order valence-corrected chi connectivity index (χ4v) is 9.35. The summed E-state index contributed by atoms with van der Waals surface area (Å²) < 4.78 is 73.4. The van der Waals surface area contributed by atoms with E-state index >= 15 is 8.78 Å². The highest BCUT2D eigenvalue weighted by Crippen LogP contribution is 2.66. The highest BCUT2D eigenvalue weighted by molar-refractivity contribution is 6.58. The van der Waals surface area contributed by atoms with Crippen molar-refractivity contribution in [3.05, 3.63) is 136 Å². The number of fused-ring (bicyclic) bond motifs is 4. The van der Waals surface area contributed by atoms with Crippen molar-refractivity contribution in [1.29, 1.82) is 0 Å². The van der Waals surface area contributed by atoms with Crippen LogP contribution in [0.5, 0.6) is 5.75 Å². The van der Waals surface area contributed by atoms with Crippen LogP contribution in [0.15, 0.2) is 90.5 Å². The minimum atomic E-state index is -2.71. The largest absolute Gasteiger partial charge is 0.508 e. The van der Waals surface area contributed by atoms with Gasteiger partial charge in [-0.1, -0.05) is 54.1 Å². The van der Waals surface area contributed by atoms with Crippen LogP contribution in [-0.2, 0) is 19.2 Å². The molecule has 1 saturated carbocycles. The molecule has 0 bridgehead atoms. The molecule has 0 spiro atoms. The van der Waals surface area contributed by atoms with Gasteiger partial charge >= 0.3 is 0 Å². The number of carbonyl (C=O) groups is 5. The number of benzene rings is 4. The lowest BCUT2D eigenvalue weighted by Crippen LogP contribution is -2.60. The highest BCUT2D eigenvalue weighted by atomic mass is 35.5. The molecule has 8 nitrogen and oxygen atoms in total. The molecule has 4 aromatic carbocycles. The van der Waals surface area contributed by atoms with Gasteiger partial charge in [0.25, 0.3) is 11.8 Å². The molecule has 2 heterocycles. The molecular weight excluding hydrogens is 758 g/mol. The molecule has 2 aliphatic heterocycles. The van der Waals surface area contributed by atoms with E-state index < -0.39 is 98.2 Å². The first-order valence-corrected chi connectivity index (χ1v) is 17.2. The maximum Gasteiger partial charge on any atom is 0.258 e. The van der Waals surface area contributed by atoms with E-state index in [2.05, 4.69) is 0 Å². The van der Waals surface area contributed by atoms with Crippen molar-refractivity contribution in [2.45, 2.75) is 28.5 Å². The molecule has 6 atom stereocenters. The molecule has 3 fully saturated rings. The number of hydrogen-bond donors (Lipinski definition) is 1. The number of aromatic hydroxyl groups is 1. The van der Waals surface area contributed by atoms with Crippen LogP contribution in [0, 0.1) is 46.8 Å². The normalized spacial score (nSPS) is 27.5. The molecule has 1 N–H and O–H groups in total. The van der Waals surface area contributed by atoms with Crippen LogP contribution >= 0.6 is 23.2 Å². The van der Waals surface area contributed by atoms with Crippen molar-refractivity contribution >= 4 is 64.0 Å². The number of amides is 4. The summed E-state index contributed by atoms with van der Waals surface area (Å²) in [4.78, 5) is 65.2. The molecule has 4 aromatic rings. The van der Waals surface area contributed by atoms with Crippen molar-refractivity contribution in [2.75, 3.05) is 9.80 Å². The average Bonchev–Trinajstić information content (AvgIpc) is 3.51. The number of allylic oxidation sites excluding steroid dienone is 2. The molecule has 0 radical (unpaired) electrons. The molecule has 0 unspecified atom stereocenters. The summed E-state index contributed by atoms with van der Waals surface area (Å²) in [5.74, 6) is -22.4. The van der Waals surface area contributed by atoms with Gasteiger partial charge in [0.15, 0.2) is 38.8 Å². The van der Waals surface area contributed by atoms with Gasteiger partial charge in [0.2, 0.25) is 17.6 Å². The third-order valence-electron chi connectivity index (χ3n) is 10.8. The zero-order chi connectivity index (χ0) is 38.6. The Balaban J connectivity index is 1.23. The SMILES string of the molecule is O=C(c1ccccc1)c1ccc(N2C(=O)[C@H]3[C@H](CC=C4[C@H]3C[C@@]3(Cl)C(=O)N(c5c(F)c(F)c(F)c(F)c5F)C(=O)[C@@]3(Cl)[C@H]4c3cccc(O)c3)C2=O)cc1. The lowest BCUT2D eigenvalue weighted by atomic mass is 9.56. The first-order valence-electron chi connectivity index (χ1n) is 16.5. The lowest BCUT2D eigenvalue weighted by molar-refractivity contribution is -0.125. The van der Waals surface area contributed by atoms with E-state index in [0.29, 0.717) is 5.56 Å². The summed E-state index contributed by atoms with van der Waals surface area (Å²) in [7, 11) is 0. The van der Waals surface area contributed by atoms with E-state index in [9.17, 15) is 42.3 Å². The van der Waals surface area contributed by atoms with E-state index in [1.165, 1.54) is 48.5 Å². The summed E-state index contributed by atoms with van der Waals surface area (Å²) >= 11 is 14.2. The molecule has 2 saturated heterocycles. The van der Waals surface area contributed by atoms with Crippen molar-refractivity contribution in [3.8, 4) is 5.75 Å². The average molecular weight is 782 g/mol. The number of imide groups is 2. The summed E-state index contributed by atoms with van der Waals surface area (Å²) in [6, 6.07) is 19.5. The van der Waals surface area contributed by atoms with Crippen molar-refractivity contribution in [2.24, 2.45) is 17.8 Å². The Kier molecular flexibility index (Phi) is 8.13. The molecule has 4 amide bonds. The minimum Gasteiger partial charge on any atom is -0.508 e. The Morgan fingerprint density at radius 3 is 1.94 bits per heavy atom. The first kappa shape index (κ1) is 35.6. The number of phenolic OH excluding ortho intramolecular Hbond substituents is 1. The fourth-order valence-electron chi connectivity index (χ4n) is 8.42. The third-order valence-corrected chi connectivity index (χ3v) is 12.3. The second-order valence-corrected chi connectivity index (χ2v) is 14.8. The molecule has 274 valence electrons. The molecule has 8 rings (SSSR count). The predicted octanol–water partition coefficient (Wildman–Crippen LogP) is 7.09. The van der Waals surface area contributed by atoms with Crippen LogP contribution in [0.2, 0.25) is 0 Å². The van der Waals surface area contributed by atoms with Crippen LogP contribution in [0.3, 0.4) is 0 Å². The topological polar surface area (TPSA) is 112 Å². The Morgan fingerprint density at radius 2 is 1.31 bits per heavy atom. The monoisotopic (exact) mass is 780 g/mol. The van der Waals surface area contributed by atoms with Gasteiger partial charge in [-0.3, -0.25) is 28.9 Å². The number of rotatable bonds is 5. The Labute approximate surface area is 312 Å². The standard InChI is InChI=1S/C39H23Cl2F5N2O6/c40-38-16-24-22(13-14-23-25(24)35(52)47(34(23)51)20-11-9-18(10-12-20)33(50)17-5-2-1-3-6-17)26(19-7-4-8-21(49)15-19)39(38,41)37(54)48(36(38)53)32-30(45)28(43)27(42)29(44)31(32)46/h1-13,15,23-26,49H,14,16H2/t23-,24+,25-,26-,38+,39-/m0/s1. The highest BCUT2D eigenvalue weighted by Gasteiger charge is 2.77. The fraction of sp³-hybridized carbons (Fsp3) is 0.205. The molecule has 15 heteroatoms. The Hall–Kier alpha value is -5.40. The quantitative estimate of drug-likeness (QED) is 0.0441. The molecular formula is C39H23Cl2F5N2O6. The summed E-state index contributed by atoms with van der Waals surface area (Å²) in [6.07, 6.45) is 0.813. The Morgan fingerprint density at radius 1 is 0.704 bits per heavy atom. The second-order valence-electron chi connectivity index (χ2n) is 13.5. The molecule has 4 aliphatic rings. The van der Waals surface area contributed by atoms with Crippen molar-refractivity contribution in [3.63, 3.8) is 0 Å². The van der Waals surface area contributed by atoms with Gasteiger partial charge in [-0.15, -0.1) is 23.2 Å². The van der Waals surface area contributed by atoms with E-state index in [1.54, 1.807) is 36.4 Å². The van der Waals surface area contributed by atoms with Gasteiger partial charge in [-0.2, -0.15) is 0 Å². The van der Waals surface area contributed by atoms with Crippen molar-refractivity contribution in [1.82, 2.24) is 0 Å². The first-order chi connectivity index (χ1) is 25.6. The van der Waals surface area contributed by atoms with E-state index in [4.69, 9.17) is 23.2 Å². The molecule has 54 heavy (non-hydrogen) atoms. The number of nitrogens with zero attached hydrogens (tertiary/aromatic N) is 2. The van der Waals surface area contributed by atoms with Gasteiger partial charge < -0.3 is 5.11 Å². The van der Waals surface area contributed by atoms with Crippen LogP contribution in [0.1, 0.15) is 40.2 Å². The number of halogens is 7.